The van der Waals surface area contributed by atoms with Crippen LogP contribution in [0.4, 0.5) is 0 Å². The Bertz CT molecular complexity index is 1740. The lowest BCUT2D eigenvalue weighted by atomic mass is 9.99. The smallest absolute Gasteiger partial charge is 0.402 e. The van der Waals surface area contributed by atoms with Gasteiger partial charge in [-0.3, -0.25) is 0 Å². The highest BCUT2D eigenvalue weighted by molar-refractivity contribution is 5.89. The predicted octanol–water partition coefficient (Wildman–Crippen LogP) is 2.06. The number of esters is 1. The summed E-state index contributed by atoms with van der Waals surface area (Å²) >= 11 is 0. The van der Waals surface area contributed by atoms with Gasteiger partial charge in [-0.15, -0.1) is 0 Å². The van der Waals surface area contributed by atoms with Crippen molar-refractivity contribution in [2.45, 2.75) is 30.7 Å². The van der Waals surface area contributed by atoms with Crippen molar-refractivity contribution < 1.29 is 69.4 Å². The number of fused-ring (bicyclic) bond motifs is 1. The molecule has 14 heteroatoms. The average molecular weight is 612 g/mol. The van der Waals surface area contributed by atoms with E-state index >= 15 is 0 Å². The molecule has 1 saturated heterocycles. The molecule has 0 spiro atoms. The average Bonchev–Trinajstić information content (AvgIpc) is 2.98. The van der Waals surface area contributed by atoms with E-state index in [4.69, 9.17) is 18.6 Å². The van der Waals surface area contributed by atoms with Crippen molar-refractivity contribution in [3.8, 4) is 51.6 Å². The Hall–Kier alpha value is -5.28. The molecular formula is C30H27O14+. The second-order valence-electron chi connectivity index (χ2n) is 9.86. The van der Waals surface area contributed by atoms with Crippen LogP contribution in [-0.2, 0) is 14.3 Å². The van der Waals surface area contributed by atoms with E-state index < -0.39 is 66.3 Å². The third-order valence-electron chi connectivity index (χ3n) is 6.77. The van der Waals surface area contributed by atoms with E-state index in [1.165, 1.54) is 48.5 Å². The van der Waals surface area contributed by atoms with Crippen LogP contribution in [0.1, 0.15) is 5.56 Å². The Balaban J connectivity index is 1.39. The van der Waals surface area contributed by atoms with Gasteiger partial charge < -0.3 is 60.2 Å². The predicted molar refractivity (Wildman–Crippen MR) is 150 cm³/mol. The molecule has 3 aromatic carbocycles. The summed E-state index contributed by atoms with van der Waals surface area (Å²) in [6.45, 7) is -0.588. The first-order valence-electron chi connectivity index (χ1n) is 13.0. The van der Waals surface area contributed by atoms with Crippen LogP contribution < -0.4 is 4.74 Å². The van der Waals surface area contributed by atoms with Gasteiger partial charge in [0.2, 0.25) is 12.0 Å². The maximum atomic E-state index is 12.3. The van der Waals surface area contributed by atoms with Gasteiger partial charge in [0.15, 0.2) is 23.0 Å². The molecule has 2 heterocycles. The summed E-state index contributed by atoms with van der Waals surface area (Å²) in [7, 11) is 0. The molecule has 0 bridgehead atoms. The molecular weight excluding hydrogens is 584 g/mol. The van der Waals surface area contributed by atoms with Gasteiger partial charge >= 0.3 is 17.3 Å². The molecule has 0 amide bonds. The molecule has 1 aliphatic rings. The summed E-state index contributed by atoms with van der Waals surface area (Å²) < 4.78 is 22.5. The Labute approximate surface area is 247 Å². The van der Waals surface area contributed by atoms with Crippen molar-refractivity contribution in [3.05, 3.63) is 66.2 Å². The fourth-order valence-electron chi connectivity index (χ4n) is 4.44. The number of carbonyl (C=O) groups is 1. The van der Waals surface area contributed by atoms with Gasteiger partial charge in [0, 0.05) is 24.3 Å². The van der Waals surface area contributed by atoms with Crippen LogP contribution in [-0.4, -0.2) is 89.2 Å². The van der Waals surface area contributed by atoms with E-state index in [2.05, 4.69) is 0 Å². The lowest BCUT2D eigenvalue weighted by molar-refractivity contribution is -0.278. The molecule has 44 heavy (non-hydrogen) atoms. The van der Waals surface area contributed by atoms with Gasteiger partial charge in [0.25, 0.3) is 0 Å². The second-order valence-corrected chi connectivity index (χ2v) is 9.86. The molecule has 0 aliphatic carbocycles. The van der Waals surface area contributed by atoms with Crippen LogP contribution in [0.25, 0.3) is 28.4 Å². The Morgan fingerprint density at radius 1 is 0.795 bits per heavy atom. The summed E-state index contributed by atoms with van der Waals surface area (Å²) in [5.41, 5.74) is 0.529. The van der Waals surface area contributed by atoms with E-state index in [1.54, 1.807) is 0 Å². The van der Waals surface area contributed by atoms with Gasteiger partial charge in [-0.05, 0) is 35.9 Å². The summed E-state index contributed by atoms with van der Waals surface area (Å²) in [6.07, 6.45) is -6.13. The van der Waals surface area contributed by atoms with Gasteiger partial charge in [-0.2, -0.15) is 0 Å². The first-order chi connectivity index (χ1) is 20.9. The number of hydrogen-bond acceptors (Lipinski definition) is 13. The summed E-state index contributed by atoms with van der Waals surface area (Å²) in [4.78, 5) is 12.3. The summed E-state index contributed by atoms with van der Waals surface area (Å²) in [5, 5.41) is 90.8. The van der Waals surface area contributed by atoms with E-state index in [9.17, 15) is 50.8 Å². The summed E-state index contributed by atoms with van der Waals surface area (Å²) in [6, 6.07) is 11.1. The number of ether oxygens (including phenoxy) is 3. The van der Waals surface area contributed by atoms with Crippen molar-refractivity contribution in [2.24, 2.45) is 0 Å². The molecule has 4 aromatic rings. The first-order valence-corrected chi connectivity index (χ1v) is 13.0. The van der Waals surface area contributed by atoms with Crippen LogP contribution >= 0.6 is 0 Å². The minimum absolute atomic E-state index is 0.00153. The fourth-order valence-corrected chi connectivity index (χ4v) is 4.44. The third-order valence-corrected chi connectivity index (χ3v) is 6.77. The number of phenolic OH excluding ortho intramolecular Hbond substituents is 6. The van der Waals surface area contributed by atoms with Crippen LogP contribution in [0.5, 0.6) is 40.2 Å². The van der Waals surface area contributed by atoms with Crippen LogP contribution in [0.15, 0.2) is 65.1 Å². The van der Waals surface area contributed by atoms with Crippen LogP contribution in [0, 0.1) is 0 Å². The molecule has 1 fully saturated rings. The van der Waals surface area contributed by atoms with E-state index in [-0.39, 0.29) is 39.5 Å². The van der Waals surface area contributed by atoms with Gasteiger partial charge in [-0.1, -0.05) is 6.07 Å². The van der Waals surface area contributed by atoms with E-state index in [0.717, 1.165) is 18.2 Å². The molecule has 1 aliphatic heterocycles. The maximum absolute atomic E-state index is 12.3. The van der Waals surface area contributed by atoms with Crippen LogP contribution in [0.3, 0.4) is 0 Å². The Morgan fingerprint density at radius 3 is 2.20 bits per heavy atom. The Morgan fingerprint density at radius 2 is 1.50 bits per heavy atom. The van der Waals surface area contributed by atoms with Crippen molar-refractivity contribution in [3.63, 3.8) is 0 Å². The fraction of sp³-hybridized carbons (Fsp3) is 0.200. The molecule has 0 radical (unpaired) electrons. The summed E-state index contributed by atoms with van der Waals surface area (Å²) in [5.74, 6) is -3.55. The highest BCUT2D eigenvalue weighted by Gasteiger charge is 2.46. The number of carbonyl (C=O) groups excluding carboxylic acids is 1. The molecule has 5 rings (SSSR count). The molecule has 1 aromatic heterocycles. The van der Waals surface area contributed by atoms with Gasteiger partial charge in [0.1, 0.15) is 47.9 Å². The Kier molecular flexibility index (Phi) is 8.33. The number of aliphatic hydroxyl groups is 3. The van der Waals surface area contributed by atoms with Crippen molar-refractivity contribution >= 4 is 23.0 Å². The zero-order valence-electron chi connectivity index (χ0n) is 22.5. The molecule has 230 valence electrons. The van der Waals surface area contributed by atoms with Gasteiger partial charge in [-0.25, -0.2) is 9.21 Å². The maximum Gasteiger partial charge on any atom is 0.402 e. The molecule has 5 atom stereocenters. The standard InChI is InChI=1S/C30H26O14/c31-15-9-19(34)16-11-23(29(42-22(16)10-15)14-3-5-18(33)21(36)8-14)43-30-28(40)27(39)26(38)24(44-30)12-41-25(37)6-2-13-1-4-17(32)20(35)7-13/h1-11,24,26-28,30,38-40H,12H2,(H5-,31,32,33,34,35,36,37)/p+1/t24-,26-,27+,28?,30?/m0/s1. The SMILES string of the molecule is O=C(/C=C/c1ccc(O)c(O)c1)OC[C@@H]1OC(Oc2cc3c(O)cc(O)cc3[o+]c2-c2ccc(O)c(O)c2)C(O)[C@H](O)[C@H]1O. The third kappa shape index (κ3) is 6.23. The molecule has 2 unspecified atom stereocenters. The quantitative estimate of drug-likeness (QED) is 0.0629. The van der Waals surface area contributed by atoms with Crippen molar-refractivity contribution in [1.82, 2.24) is 0 Å². The number of benzene rings is 3. The normalized spacial score (nSPS) is 21.8. The molecule has 14 nitrogen and oxygen atoms in total. The molecule has 9 N–H and O–H groups in total. The lowest BCUT2D eigenvalue weighted by Gasteiger charge is -2.39. The number of aromatic hydroxyl groups is 6. The highest BCUT2D eigenvalue weighted by Crippen LogP contribution is 2.42. The zero-order chi connectivity index (χ0) is 31.7. The van der Waals surface area contributed by atoms with Gasteiger partial charge in [0.05, 0.1) is 11.6 Å². The number of aliphatic hydroxyl groups excluding tert-OH is 3. The number of hydrogen-bond donors (Lipinski definition) is 9. The minimum atomic E-state index is -1.83. The monoisotopic (exact) mass is 611 g/mol. The number of rotatable bonds is 7. The zero-order valence-corrected chi connectivity index (χ0v) is 22.5. The number of phenols is 6. The highest BCUT2D eigenvalue weighted by atomic mass is 16.7. The second kappa shape index (κ2) is 12.1. The lowest BCUT2D eigenvalue weighted by Crippen LogP contribution is -2.60. The van der Waals surface area contributed by atoms with Crippen molar-refractivity contribution in [2.75, 3.05) is 6.61 Å². The largest absolute Gasteiger partial charge is 0.507 e. The van der Waals surface area contributed by atoms with Crippen molar-refractivity contribution in [1.29, 1.82) is 0 Å². The molecule has 0 saturated carbocycles. The van der Waals surface area contributed by atoms with Crippen LogP contribution in [0.2, 0.25) is 0 Å². The minimum Gasteiger partial charge on any atom is -0.507 e. The van der Waals surface area contributed by atoms with E-state index in [0.29, 0.717) is 5.56 Å². The topological polar surface area (TPSA) is 238 Å². The first kappa shape index (κ1) is 30.2. The van der Waals surface area contributed by atoms with E-state index in [1.807, 2.05) is 0 Å².